The predicted molar refractivity (Wildman–Crippen MR) is 79.7 cm³/mol. The Hall–Kier alpha value is -1.27. The number of carbonyl (C=O) groups excluding carboxylic acids is 2. The summed E-state index contributed by atoms with van der Waals surface area (Å²) in [5, 5.41) is -0.322. The molecule has 1 fully saturated rings. The normalized spacial score (nSPS) is 23.1. The van der Waals surface area contributed by atoms with Gasteiger partial charge in [-0.25, -0.2) is 4.90 Å². The lowest BCUT2D eigenvalue weighted by Gasteiger charge is -2.14. The summed E-state index contributed by atoms with van der Waals surface area (Å²) in [5.74, 6) is 0.716. The zero-order chi connectivity index (χ0) is 13.2. The monoisotopic (exact) mass is 292 g/mol. The Morgan fingerprint density at radius 3 is 2.74 bits per heavy atom. The number of benzene rings is 1. The van der Waals surface area contributed by atoms with Crippen LogP contribution in [-0.4, -0.2) is 33.7 Å². The maximum absolute atomic E-state index is 12.3. The maximum Gasteiger partial charge on any atom is 0.247 e. The molecule has 1 saturated heterocycles. The molecule has 2 heterocycles. The highest BCUT2D eigenvalue weighted by molar-refractivity contribution is 8.39. The minimum atomic E-state index is -0.322. The number of hydrogen-bond donors (Lipinski definition) is 0. The molecule has 1 atom stereocenters. The molecule has 0 N–H and O–H groups in total. The van der Waals surface area contributed by atoms with Crippen LogP contribution in [0.2, 0.25) is 0 Å². The average molecular weight is 292 g/mol. The van der Waals surface area contributed by atoms with Gasteiger partial charge in [0.1, 0.15) is 9.63 Å². The van der Waals surface area contributed by atoms with Crippen molar-refractivity contribution in [2.24, 2.45) is 4.99 Å². The van der Waals surface area contributed by atoms with E-state index in [-0.39, 0.29) is 23.5 Å². The molecular weight excluding hydrogens is 280 g/mol. The number of imide groups is 1. The number of para-hydroxylation sites is 1. The van der Waals surface area contributed by atoms with Crippen LogP contribution >= 0.6 is 23.5 Å². The second-order valence-electron chi connectivity index (χ2n) is 4.21. The van der Waals surface area contributed by atoms with E-state index < -0.39 is 0 Å². The van der Waals surface area contributed by atoms with Gasteiger partial charge in [0.05, 0.1) is 12.2 Å². The summed E-state index contributed by atoms with van der Waals surface area (Å²) in [4.78, 5) is 29.9. The van der Waals surface area contributed by atoms with Gasteiger partial charge < -0.3 is 0 Å². The highest BCUT2D eigenvalue weighted by Crippen LogP contribution is 2.34. The molecule has 1 aromatic carbocycles. The number of nitrogens with zero attached hydrogens (tertiary/aromatic N) is 2. The Kier molecular flexibility index (Phi) is 3.61. The maximum atomic E-state index is 12.3. The van der Waals surface area contributed by atoms with E-state index in [9.17, 15) is 9.59 Å². The topological polar surface area (TPSA) is 49.7 Å². The van der Waals surface area contributed by atoms with Gasteiger partial charge in [-0.15, -0.1) is 0 Å². The number of rotatable bonds is 2. The molecule has 0 saturated carbocycles. The van der Waals surface area contributed by atoms with E-state index in [0.717, 1.165) is 16.7 Å². The molecule has 0 aromatic heterocycles. The average Bonchev–Trinajstić information content (AvgIpc) is 3.01. The van der Waals surface area contributed by atoms with Gasteiger partial charge in [-0.05, 0) is 12.1 Å². The van der Waals surface area contributed by atoms with E-state index in [1.54, 1.807) is 23.9 Å². The Balaban J connectivity index is 1.77. The first-order valence-electron chi connectivity index (χ1n) is 6.01. The number of thioether (sulfide) groups is 2. The highest BCUT2D eigenvalue weighted by atomic mass is 32.2. The van der Waals surface area contributed by atoms with Gasteiger partial charge in [0.15, 0.2) is 0 Å². The minimum absolute atomic E-state index is 0.128. The Bertz CT molecular complexity index is 545. The number of aliphatic imine (C=N–C) groups is 1. The SMILES string of the molecule is O=C1CC(SC2=NCCS2)C(=O)N1c1ccccc1. The van der Waals surface area contributed by atoms with Crippen LogP contribution in [0.4, 0.5) is 5.69 Å². The van der Waals surface area contributed by atoms with Crippen molar-refractivity contribution in [1.82, 2.24) is 0 Å². The van der Waals surface area contributed by atoms with Crippen LogP contribution in [0.5, 0.6) is 0 Å². The van der Waals surface area contributed by atoms with Crippen LogP contribution in [-0.2, 0) is 9.59 Å². The summed E-state index contributed by atoms with van der Waals surface area (Å²) in [6.07, 6.45) is 0.262. The fourth-order valence-electron chi connectivity index (χ4n) is 2.05. The third-order valence-electron chi connectivity index (χ3n) is 2.92. The van der Waals surface area contributed by atoms with Gasteiger partial charge in [-0.3, -0.25) is 14.6 Å². The molecule has 0 aliphatic carbocycles. The number of hydrogen-bond acceptors (Lipinski definition) is 5. The zero-order valence-electron chi connectivity index (χ0n) is 10.1. The summed E-state index contributed by atoms with van der Waals surface area (Å²) in [7, 11) is 0. The Morgan fingerprint density at radius 2 is 2.05 bits per heavy atom. The molecule has 2 aliphatic heterocycles. The number of anilines is 1. The molecule has 19 heavy (non-hydrogen) atoms. The van der Waals surface area contributed by atoms with E-state index in [2.05, 4.69) is 4.99 Å². The lowest BCUT2D eigenvalue weighted by Crippen LogP contribution is -2.31. The van der Waals surface area contributed by atoms with Crippen molar-refractivity contribution in [3.05, 3.63) is 30.3 Å². The van der Waals surface area contributed by atoms with Crippen molar-refractivity contribution in [3.8, 4) is 0 Å². The molecule has 0 spiro atoms. The Morgan fingerprint density at radius 1 is 1.26 bits per heavy atom. The lowest BCUT2D eigenvalue weighted by molar-refractivity contribution is -0.121. The van der Waals surface area contributed by atoms with Crippen molar-refractivity contribution in [2.75, 3.05) is 17.2 Å². The van der Waals surface area contributed by atoms with Crippen LogP contribution in [0.15, 0.2) is 35.3 Å². The molecule has 3 rings (SSSR count). The largest absolute Gasteiger partial charge is 0.274 e. The molecule has 6 heteroatoms. The summed E-state index contributed by atoms with van der Waals surface area (Å²) < 4.78 is 0.932. The van der Waals surface area contributed by atoms with Gasteiger partial charge in [0.2, 0.25) is 11.8 Å². The smallest absolute Gasteiger partial charge is 0.247 e. The van der Waals surface area contributed by atoms with E-state index in [4.69, 9.17) is 0 Å². The fraction of sp³-hybridized carbons (Fsp3) is 0.308. The molecule has 2 aliphatic rings. The van der Waals surface area contributed by atoms with E-state index in [1.807, 2.05) is 18.2 Å². The van der Waals surface area contributed by atoms with Crippen LogP contribution in [0.1, 0.15) is 6.42 Å². The van der Waals surface area contributed by atoms with Crippen LogP contribution in [0.25, 0.3) is 0 Å². The highest BCUT2D eigenvalue weighted by Gasteiger charge is 2.40. The second kappa shape index (κ2) is 5.38. The Labute approximate surface area is 119 Å². The lowest BCUT2D eigenvalue weighted by atomic mass is 10.3. The molecule has 1 aromatic rings. The fourth-order valence-corrected chi connectivity index (χ4v) is 4.30. The molecule has 0 radical (unpaired) electrons. The summed E-state index contributed by atoms with van der Waals surface area (Å²) in [5.41, 5.74) is 0.654. The van der Waals surface area contributed by atoms with Crippen LogP contribution in [0.3, 0.4) is 0 Å². The van der Waals surface area contributed by atoms with Gasteiger partial charge in [0, 0.05) is 12.2 Å². The standard InChI is InChI=1S/C13H12N2O2S2/c16-11-8-10(19-13-14-6-7-18-13)12(17)15(11)9-4-2-1-3-5-9/h1-5,10H,6-8H2. The van der Waals surface area contributed by atoms with Crippen LogP contribution in [0, 0.1) is 0 Å². The van der Waals surface area contributed by atoms with Gasteiger partial charge in [-0.1, -0.05) is 41.7 Å². The first kappa shape index (κ1) is 12.7. The van der Waals surface area contributed by atoms with Gasteiger partial charge in [-0.2, -0.15) is 0 Å². The first-order chi connectivity index (χ1) is 9.25. The molecule has 4 nitrogen and oxygen atoms in total. The summed E-state index contributed by atoms with van der Waals surface area (Å²) in [6.45, 7) is 0.810. The third kappa shape index (κ3) is 2.55. The summed E-state index contributed by atoms with van der Waals surface area (Å²) >= 11 is 3.09. The zero-order valence-corrected chi connectivity index (χ0v) is 11.7. The van der Waals surface area contributed by atoms with E-state index in [0.29, 0.717) is 5.69 Å². The van der Waals surface area contributed by atoms with Crippen molar-refractivity contribution in [1.29, 1.82) is 0 Å². The van der Waals surface area contributed by atoms with E-state index in [1.165, 1.54) is 16.7 Å². The molecular formula is C13H12N2O2S2. The molecule has 1 unspecified atom stereocenters. The predicted octanol–water partition coefficient (Wildman–Crippen LogP) is 2.15. The van der Waals surface area contributed by atoms with Crippen molar-refractivity contribution in [2.45, 2.75) is 11.7 Å². The summed E-state index contributed by atoms with van der Waals surface area (Å²) in [6, 6.07) is 9.08. The first-order valence-corrected chi connectivity index (χ1v) is 7.88. The quantitative estimate of drug-likeness (QED) is 0.784. The van der Waals surface area contributed by atoms with Crippen molar-refractivity contribution < 1.29 is 9.59 Å². The molecule has 98 valence electrons. The third-order valence-corrected chi connectivity index (χ3v) is 5.31. The van der Waals surface area contributed by atoms with Crippen molar-refractivity contribution >= 4 is 45.4 Å². The number of carbonyl (C=O) groups is 2. The molecule has 2 amide bonds. The van der Waals surface area contributed by atoms with Crippen LogP contribution < -0.4 is 4.90 Å². The second-order valence-corrected chi connectivity index (χ2v) is 6.74. The van der Waals surface area contributed by atoms with Crippen molar-refractivity contribution in [3.63, 3.8) is 0 Å². The van der Waals surface area contributed by atoms with Gasteiger partial charge in [0.25, 0.3) is 0 Å². The van der Waals surface area contributed by atoms with Gasteiger partial charge >= 0.3 is 0 Å². The minimum Gasteiger partial charge on any atom is -0.274 e. The molecule has 0 bridgehead atoms. The number of amides is 2. The van der Waals surface area contributed by atoms with E-state index >= 15 is 0 Å².